The van der Waals surface area contributed by atoms with Gasteiger partial charge in [-0.1, -0.05) is 24.3 Å². The number of ether oxygens (including phenoxy) is 1. The monoisotopic (exact) mass is 420 g/mol. The van der Waals surface area contributed by atoms with Crippen LogP contribution in [0.1, 0.15) is 38.3 Å². The summed E-state index contributed by atoms with van der Waals surface area (Å²) in [5.41, 5.74) is 1.97. The van der Waals surface area contributed by atoms with Crippen molar-refractivity contribution in [3.8, 4) is 5.75 Å². The van der Waals surface area contributed by atoms with E-state index in [1.165, 1.54) is 0 Å². The van der Waals surface area contributed by atoms with Crippen molar-refractivity contribution >= 4 is 34.3 Å². The lowest BCUT2D eigenvalue weighted by atomic mass is 9.93. The van der Waals surface area contributed by atoms with Crippen LogP contribution in [0, 0.1) is 0 Å². The highest BCUT2D eigenvalue weighted by Gasteiger charge is 2.31. The van der Waals surface area contributed by atoms with Gasteiger partial charge in [0.1, 0.15) is 12.3 Å². The summed E-state index contributed by atoms with van der Waals surface area (Å²) < 4.78 is 7.27. The van der Waals surface area contributed by atoms with Gasteiger partial charge in [-0.25, -0.2) is 0 Å². The molecule has 0 radical (unpaired) electrons. The van der Waals surface area contributed by atoms with Gasteiger partial charge < -0.3 is 10.1 Å². The molecule has 0 saturated carbocycles. The van der Waals surface area contributed by atoms with Gasteiger partial charge in [0.2, 0.25) is 17.7 Å². The molecule has 8 nitrogen and oxygen atoms in total. The Balaban J connectivity index is 1.56. The largest absolute Gasteiger partial charge is 0.491 e. The predicted molar refractivity (Wildman–Crippen MR) is 116 cm³/mol. The summed E-state index contributed by atoms with van der Waals surface area (Å²) in [6.07, 6.45) is 0.708. The molecule has 4 rings (SSSR count). The van der Waals surface area contributed by atoms with Crippen LogP contribution in [0.25, 0.3) is 10.9 Å². The summed E-state index contributed by atoms with van der Waals surface area (Å²) in [6, 6.07) is 14.7. The lowest BCUT2D eigenvalue weighted by Gasteiger charge is -2.19. The Morgan fingerprint density at radius 1 is 1.23 bits per heavy atom. The van der Waals surface area contributed by atoms with Crippen LogP contribution in [0.3, 0.4) is 0 Å². The molecule has 31 heavy (non-hydrogen) atoms. The number of hydrogen-bond acceptors (Lipinski definition) is 5. The number of nitrogens with zero attached hydrogens (tertiary/aromatic N) is 2. The molecule has 1 saturated heterocycles. The van der Waals surface area contributed by atoms with E-state index in [4.69, 9.17) is 4.74 Å². The summed E-state index contributed by atoms with van der Waals surface area (Å²) in [7, 11) is 0. The van der Waals surface area contributed by atoms with E-state index in [0.717, 1.165) is 10.9 Å². The smallest absolute Gasteiger partial charge is 0.246 e. The minimum atomic E-state index is -0.517. The molecule has 2 N–H and O–H groups in total. The number of benzene rings is 2. The molecular formula is C23H24N4O4. The van der Waals surface area contributed by atoms with Crippen molar-refractivity contribution in [1.82, 2.24) is 15.1 Å². The summed E-state index contributed by atoms with van der Waals surface area (Å²) >= 11 is 0. The maximum absolute atomic E-state index is 12.7. The van der Waals surface area contributed by atoms with Crippen molar-refractivity contribution in [2.75, 3.05) is 5.32 Å². The fourth-order valence-electron chi connectivity index (χ4n) is 3.74. The molecule has 1 atom stereocenters. The minimum absolute atomic E-state index is 0.0109. The van der Waals surface area contributed by atoms with Crippen molar-refractivity contribution in [3.05, 3.63) is 54.2 Å². The average molecular weight is 420 g/mol. The number of aromatic nitrogens is 2. The van der Waals surface area contributed by atoms with Crippen LogP contribution in [0.15, 0.2) is 48.5 Å². The molecule has 1 aromatic heterocycles. The van der Waals surface area contributed by atoms with E-state index in [1.807, 2.05) is 50.2 Å². The van der Waals surface area contributed by atoms with Crippen LogP contribution in [0.2, 0.25) is 0 Å². The fraction of sp³-hybridized carbons (Fsp3) is 0.304. The number of para-hydroxylation sites is 1. The third-order valence-electron chi connectivity index (χ3n) is 5.04. The van der Waals surface area contributed by atoms with Gasteiger partial charge in [0.05, 0.1) is 23.2 Å². The first-order valence-electron chi connectivity index (χ1n) is 10.3. The van der Waals surface area contributed by atoms with E-state index in [9.17, 15) is 14.4 Å². The first-order chi connectivity index (χ1) is 14.9. The number of carbonyl (C=O) groups excluding carboxylic acids is 3. The molecule has 1 unspecified atom stereocenters. The van der Waals surface area contributed by atoms with E-state index in [-0.39, 0.29) is 36.8 Å². The maximum Gasteiger partial charge on any atom is 0.246 e. The molecule has 1 fully saturated rings. The minimum Gasteiger partial charge on any atom is -0.491 e. The van der Waals surface area contributed by atoms with Crippen molar-refractivity contribution in [2.24, 2.45) is 0 Å². The van der Waals surface area contributed by atoms with E-state index in [2.05, 4.69) is 15.7 Å². The SMILES string of the molecule is CC(C)Oc1cccc(NC(=O)Cn2nc(C3CCC(=O)NC3=O)c3ccccc32)c1. The Labute approximate surface area is 179 Å². The predicted octanol–water partition coefficient (Wildman–Crippen LogP) is 2.98. The first kappa shape index (κ1) is 20.6. The second-order valence-corrected chi connectivity index (χ2v) is 7.81. The Hall–Kier alpha value is -3.68. The highest BCUT2D eigenvalue weighted by atomic mass is 16.5. The molecule has 2 aromatic carbocycles. The third kappa shape index (κ3) is 4.58. The second kappa shape index (κ2) is 8.59. The van der Waals surface area contributed by atoms with Crippen LogP contribution in [0.4, 0.5) is 5.69 Å². The molecule has 2 heterocycles. The highest BCUT2D eigenvalue weighted by molar-refractivity contribution is 6.02. The number of fused-ring (bicyclic) bond motifs is 1. The van der Waals surface area contributed by atoms with Gasteiger partial charge in [0, 0.05) is 23.6 Å². The zero-order chi connectivity index (χ0) is 22.0. The van der Waals surface area contributed by atoms with Crippen LogP contribution >= 0.6 is 0 Å². The summed E-state index contributed by atoms with van der Waals surface area (Å²) in [5, 5.41) is 10.6. The quantitative estimate of drug-likeness (QED) is 0.597. The summed E-state index contributed by atoms with van der Waals surface area (Å²) in [5.74, 6) is -0.704. The molecule has 160 valence electrons. The van der Waals surface area contributed by atoms with Crippen molar-refractivity contribution in [2.45, 2.75) is 45.3 Å². The van der Waals surface area contributed by atoms with Gasteiger partial charge in [0.15, 0.2) is 0 Å². The molecule has 8 heteroatoms. The Kier molecular flexibility index (Phi) is 5.70. The van der Waals surface area contributed by atoms with Gasteiger partial charge in [-0.2, -0.15) is 5.10 Å². The van der Waals surface area contributed by atoms with Crippen molar-refractivity contribution < 1.29 is 19.1 Å². The normalized spacial score (nSPS) is 16.4. The number of nitrogens with one attached hydrogen (secondary N) is 2. The van der Waals surface area contributed by atoms with Gasteiger partial charge >= 0.3 is 0 Å². The summed E-state index contributed by atoms with van der Waals surface area (Å²) in [6.45, 7) is 3.87. The van der Waals surface area contributed by atoms with Crippen molar-refractivity contribution in [1.29, 1.82) is 0 Å². The highest BCUT2D eigenvalue weighted by Crippen LogP contribution is 2.30. The van der Waals surface area contributed by atoms with Crippen LogP contribution < -0.4 is 15.4 Å². The van der Waals surface area contributed by atoms with E-state index >= 15 is 0 Å². The van der Waals surface area contributed by atoms with Gasteiger partial charge in [-0.15, -0.1) is 0 Å². The molecule has 1 aliphatic heterocycles. The lowest BCUT2D eigenvalue weighted by Crippen LogP contribution is -2.39. The molecule has 0 aliphatic carbocycles. The number of carbonyl (C=O) groups is 3. The standard InChI is InChI=1S/C23H24N4O4/c1-14(2)31-16-7-5-6-15(12-16)24-21(29)13-27-19-9-4-3-8-17(19)22(26-27)18-10-11-20(28)25-23(18)30/h3-9,12,14,18H,10-11,13H2,1-2H3,(H,24,29)(H,25,28,30). The van der Waals surface area contributed by atoms with Gasteiger partial charge in [-0.05, 0) is 38.5 Å². The third-order valence-corrected chi connectivity index (χ3v) is 5.04. The molecule has 0 spiro atoms. The van der Waals surface area contributed by atoms with Crippen LogP contribution in [-0.4, -0.2) is 33.6 Å². The first-order valence-corrected chi connectivity index (χ1v) is 10.3. The number of hydrogen-bond donors (Lipinski definition) is 2. The van der Waals surface area contributed by atoms with E-state index in [1.54, 1.807) is 16.8 Å². The van der Waals surface area contributed by atoms with E-state index < -0.39 is 5.92 Å². The molecule has 3 aromatic rings. The second-order valence-electron chi connectivity index (χ2n) is 7.81. The number of anilines is 1. The van der Waals surface area contributed by atoms with Crippen LogP contribution in [-0.2, 0) is 20.9 Å². The Morgan fingerprint density at radius 3 is 2.81 bits per heavy atom. The van der Waals surface area contributed by atoms with Gasteiger partial charge in [0.25, 0.3) is 0 Å². The maximum atomic E-state index is 12.7. The Morgan fingerprint density at radius 2 is 2.03 bits per heavy atom. The van der Waals surface area contributed by atoms with E-state index in [0.29, 0.717) is 23.6 Å². The van der Waals surface area contributed by atoms with Crippen LogP contribution in [0.5, 0.6) is 5.75 Å². The number of piperidine rings is 1. The zero-order valence-corrected chi connectivity index (χ0v) is 17.4. The molecular weight excluding hydrogens is 396 g/mol. The molecule has 3 amide bonds. The topological polar surface area (TPSA) is 102 Å². The molecule has 0 bridgehead atoms. The Bertz CT molecular complexity index is 1150. The lowest BCUT2D eigenvalue weighted by molar-refractivity contribution is -0.134. The van der Waals surface area contributed by atoms with Gasteiger partial charge in [-0.3, -0.25) is 24.4 Å². The zero-order valence-electron chi connectivity index (χ0n) is 17.4. The molecule has 1 aliphatic rings. The summed E-state index contributed by atoms with van der Waals surface area (Å²) in [4.78, 5) is 36.6. The number of amides is 3. The number of imide groups is 1. The average Bonchev–Trinajstić information content (AvgIpc) is 3.06. The number of rotatable bonds is 6. The fourth-order valence-corrected chi connectivity index (χ4v) is 3.74. The van der Waals surface area contributed by atoms with Crippen molar-refractivity contribution in [3.63, 3.8) is 0 Å².